The fraction of sp³-hybridized carbons (Fsp3) is 0.200. The summed E-state index contributed by atoms with van der Waals surface area (Å²) in [5, 5.41) is 0.597. The number of nitrogens with one attached hydrogen (secondary N) is 1. The summed E-state index contributed by atoms with van der Waals surface area (Å²) in [5.74, 6) is 0.129. The molecule has 2 aromatic rings. The molecule has 0 heterocycles. The fourth-order valence-corrected chi connectivity index (χ4v) is 3.23. The van der Waals surface area contributed by atoms with Crippen LogP contribution in [0.25, 0.3) is 0 Å². The fourth-order valence-electron chi connectivity index (χ4n) is 1.87. The van der Waals surface area contributed by atoms with Crippen LogP contribution < -0.4 is 9.46 Å². The molecule has 0 saturated carbocycles. The second kappa shape index (κ2) is 7.09. The lowest BCUT2D eigenvalue weighted by Crippen LogP contribution is -2.28. The summed E-state index contributed by atoms with van der Waals surface area (Å²) in [6.45, 7) is 1.81. The first-order valence-electron chi connectivity index (χ1n) is 6.53. The topological polar surface area (TPSA) is 55.4 Å². The molecule has 0 bridgehead atoms. The van der Waals surface area contributed by atoms with Crippen molar-refractivity contribution in [3.63, 3.8) is 0 Å². The number of halogens is 2. The highest BCUT2D eigenvalue weighted by atomic mass is 35.5. The largest absolute Gasteiger partial charge is 0.492 e. The zero-order valence-electron chi connectivity index (χ0n) is 11.8. The summed E-state index contributed by atoms with van der Waals surface area (Å²) in [5.41, 5.74) is 0.353. The van der Waals surface area contributed by atoms with E-state index < -0.39 is 15.8 Å². The first-order valence-corrected chi connectivity index (χ1v) is 8.39. The maximum absolute atomic E-state index is 13.0. The molecule has 2 aromatic carbocycles. The zero-order chi connectivity index (χ0) is 16.2. The van der Waals surface area contributed by atoms with Crippen molar-refractivity contribution in [3.05, 3.63) is 58.9 Å². The van der Waals surface area contributed by atoms with Gasteiger partial charge in [0.05, 0.1) is 4.90 Å². The Morgan fingerprint density at radius 1 is 1.18 bits per heavy atom. The van der Waals surface area contributed by atoms with Crippen LogP contribution in [0.5, 0.6) is 5.75 Å². The van der Waals surface area contributed by atoms with Crippen LogP contribution in [-0.4, -0.2) is 21.6 Å². The van der Waals surface area contributed by atoms with Gasteiger partial charge >= 0.3 is 0 Å². The van der Waals surface area contributed by atoms with Crippen molar-refractivity contribution in [2.75, 3.05) is 13.2 Å². The van der Waals surface area contributed by atoms with Crippen molar-refractivity contribution in [3.8, 4) is 5.75 Å². The Balaban J connectivity index is 1.91. The highest BCUT2D eigenvalue weighted by Gasteiger charge is 2.16. The van der Waals surface area contributed by atoms with E-state index in [1.807, 2.05) is 0 Å². The average Bonchev–Trinajstić information content (AvgIpc) is 2.45. The number of hydrogen-bond acceptors (Lipinski definition) is 3. The highest BCUT2D eigenvalue weighted by Crippen LogP contribution is 2.16. The van der Waals surface area contributed by atoms with Gasteiger partial charge in [0.2, 0.25) is 10.0 Å². The molecule has 0 unspecified atom stereocenters. The number of rotatable bonds is 6. The van der Waals surface area contributed by atoms with Gasteiger partial charge in [-0.25, -0.2) is 17.5 Å². The molecule has 0 aliphatic carbocycles. The predicted octanol–water partition coefficient (Wildman–Crippen LogP) is 3.14. The maximum atomic E-state index is 13.0. The lowest BCUT2D eigenvalue weighted by Gasteiger charge is -2.10. The molecule has 0 atom stereocenters. The summed E-state index contributed by atoms with van der Waals surface area (Å²) < 4.78 is 45.1. The number of benzene rings is 2. The number of sulfonamides is 1. The molecular formula is C15H15ClFNO3S. The first kappa shape index (κ1) is 16.7. The summed E-state index contributed by atoms with van der Waals surface area (Å²) in [4.78, 5) is 0.0559. The normalized spacial score (nSPS) is 11.4. The third-order valence-corrected chi connectivity index (χ3v) is 4.78. The van der Waals surface area contributed by atoms with Gasteiger partial charge in [-0.05, 0) is 55.0 Å². The molecule has 0 saturated heterocycles. The Morgan fingerprint density at radius 2 is 1.86 bits per heavy atom. The summed E-state index contributed by atoms with van der Waals surface area (Å²) >= 11 is 5.75. The standard InChI is InChI=1S/C15H15ClFNO3S/c1-11-10-13(17)4-7-15(11)22(19,20)18-8-9-21-14-5-2-12(16)3-6-14/h2-7,10,18H,8-9H2,1H3. The molecule has 0 aliphatic heterocycles. The van der Waals surface area contributed by atoms with Crippen molar-refractivity contribution in [1.29, 1.82) is 0 Å². The molecule has 0 amide bonds. The first-order chi connectivity index (χ1) is 10.4. The number of hydrogen-bond donors (Lipinski definition) is 1. The van der Waals surface area contributed by atoms with E-state index in [2.05, 4.69) is 4.72 Å². The molecule has 2 rings (SSSR count). The van der Waals surface area contributed by atoms with Gasteiger partial charge < -0.3 is 4.74 Å². The summed E-state index contributed by atoms with van der Waals surface area (Å²) in [6, 6.07) is 10.3. The van der Waals surface area contributed by atoms with E-state index in [9.17, 15) is 12.8 Å². The molecule has 4 nitrogen and oxygen atoms in total. The molecule has 0 fully saturated rings. The van der Waals surface area contributed by atoms with Crippen LogP contribution in [0.4, 0.5) is 4.39 Å². The van der Waals surface area contributed by atoms with Gasteiger partial charge in [0, 0.05) is 11.6 Å². The van der Waals surface area contributed by atoms with E-state index in [1.165, 1.54) is 12.1 Å². The van der Waals surface area contributed by atoms with Crippen LogP contribution in [0.1, 0.15) is 5.56 Å². The van der Waals surface area contributed by atoms with Gasteiger partial charge in [0.1, 0.15) is 18.2 Å². The van der Waals surface area contributed by atoms with Crippen LogP contribution in [0.3, 0.4) is 0 Å². The quantitative estimate of drug-likeness (QED) is 0.820. The summed E-state index contributed by atoms with van der Waals surface area (Å²) in [6.07, 6.45) is 0. The lowest BCUT2D eigenvalue weighted by molar-refractivity contribution is 0.323. The van der Waals surface area contributed by atoms with Crippen molar-refractivity contribution < 1.29 is 17.5 Å². The molecule has 118 valence electrons. The van der Waals surface area contributed by atoms with Gasteiger partial charge in [0.15, 0.2) is 0 Å². The second-order valence-electron chi connectivity index (χ2n) is 4.61. The Morgan fingerprint density at radius 3 is 2.50 bits per heavy atom. The Bertz CT molecular complexity index is 748. The summed E-state index contributed by atoms with van der Waals surface area (Å²) in [7, 11) is -3.69. The highest BCUT2D eigenvalue weighted by molar-refractivity contribution is 7.89. The van der Waals surface area contributed by atoms with E-state index >= 15 is 0 Å². The van der Waals surface area contributed by atoms with Gasteiger partial charge in [-0.3, -0.25) is 0 Å². The second-order valence-corrected chi connectivity index (χ2v) is 6.78. The van der Waals surface area contributed by atoms with Gasteiger partial charge in [-0.1, -0.05) is 11.6 Å². The molecule has 0 radical (unpaired) electrons. The van der Waals surface area contributed by atoms with E-state index in [1.54, 1.807) is 31.2 Å². The van der Waals surface area contributed by atoms with Crippen LogP contribution in [0, 0.1) is 12.7 Å². The minimum absolute atomic E-state index is 0.0559. The Hall–Kier alpha value is -1.63. The SMILES string of the molecule is Cc1cc(F)ccc1S(=O)(=O)NCCOc1ccc(Cl)cc1. The van der Waals surface area contributed by atoms with E-state index in [4.69, 9.17) is 16.3 Å². The molecule has 1 N–H and O–H groups in total. The Kier molecular flexibility index (Phi) is 5.39. The minimum atomic E-state index is -3.69. The molecule has 7 heteroatoms. The minimum Gasteiger partial charge on any atom is -0.492 e. The van der Waals surface area contributed by atoms with Crippen molar-refractivity contribution in [2.24, 2.45) is 0 Å². The Labute approximate surface area is 133 Å². The van der Waals surface area contributed by atoms with Gasteiger partial charge in [-0.2, -0.15) is 0 Å². The molecular weight excluding hydrogens is 329 g/mol. The van der Waals surface area contributed by atoms with E-state index in [0.717, 1.165) is 6.07 Å². The average molecular weight is 344 g/mol. The molecule has 22 heavy (non-hydrogen) atoms. The predicted molar refractivity (Wildman–Crippen MR) is 83.3 cm³/mol. The third kappa shape index (κ3) is 4.43. The third-order valence-electron chi connectivity index (χ3n) is 2.90. The van der Waals surface area contributed by atoms with Crippen LogP contribution in [0.2, 0.25) is 5.02 Å². The van der Waals surface area contributed by atoms with E-state index in [-0.39, 0.29) is 18.0 Å². The molecule has 0 aliphatic rings. The lowest BCUT2D eigenvalue weighted by atomic mass is 10.2. The zero-order valence-corrected chi connectivity index (χ0v) is 13.4. The van der Waals surface area contributed by atoms with Gasteiger partial charge in [0.25, 0.3) is 0 Å². The van der Waals surface area contributed by atoms with Crippen molar-refractivity contribution >= 4 is 21.6 Å². The maximum Gasteiger partial charge on any atom is 0.240 e. The number of ether oxygens (including phenoxy) is 1. The van der Waals surface area contributed by atoms with Crippen LogP contribution in [0.15, 0.2) is 47.4 Å². The van der Waals surface area contributed by atoms with Crippen LogP contribution in [-0.2, 0) is 10.0 Å². The van der Waals surface area contributed by atoms with Crippen LogP contribution >= 0.6 is 11.6 Å². The van der Waals surface area contributed by atoms with E-state index in [0.29, 0.717) is 16.3 Å². The molecule has 0 spiro atoms. The van der Waals surface area contributed by atoms with Gasteiger partial charge in [-0.15, -0.1) is 0 Å². The number of aryl methyl sites for hydroxylation is 1. The van der Waals surface area contributed by atoms with Crippen molar-refractivity contribution in [2.45, 2.75) is 11.8 Å². The monoisotopic (exact) mass is 343 g/mol. The molecule has 0 aromatic heterocycles. The van der Waals surface area contributed by atoms with Crippen molar-refractivity contribution in [1.82, 2.24) is 4.72 Å². The smallest absolute Gasteiger partial charge is 0.240 e.